The molecule has 2 fully saturated rings. The fourth-order valence-corrected chi connectivity index (χ4v) is 4.40. The predicted octanol–water partition coefficient (Wildman–Crippen LogP) is 2.78. The van der Waals surface area contributed by atoms with Gasteiger partial charge in [-0.05, 0) is 24.2 Å². The molecule has 0 amide bonds. The van der Waals surface area contributed by atoms with Gasteiger partial charge in [0, 0.05) is 17.2 Å². The van der Waals surface area contributed by atoms with Crippen LogP contribution < -0.4 is 0 Å². The zero-order valence-corrected chi connectivity index (χ0v) is 9.28. The van der Waals surface area contributed by atoms with E-state index in [0.29, 0.717) is 11.7 Å². The van der Waals surface area contributed by atoms with E-state index in [4.69, 9.17) is 0 Å². The van der Waals surface area contributed by atoms with Crippen molar-refractivity contribution in [2.24, 2.45) is 16.7 Å². The van der Waals surface area contributed by atoms with Gasteiger partial charge in [-0.2, -0.15) is 0 Å². The van der Waals surface area contributed by atoms with Crippen LogP contribution in [0, 0.1) is 16.7 Å². The summed E-state index contributed by atoms with van der Waals surface area (Å²) in [5.74, 6) is 1.16. The highest BCUT2D eigenvalue weighted by Crippen LogP contribution is 2.64. The Kier molecular flexibility index (Phi) is 1.70. The second kappa shape index (κ2) is 2.34. The molecule has 0 N–H and O–H groups in total. The summed E-state index contributed by atoms with van der Waals surface area (Å²) in [4.78, 5) is 11.8. The van der Waals surface area contributed by atoms with Gasteiger partial charge < -0.3 is 0 Å². The van der Waals surface area contributed by atoms with Crippen LogP contribution in [0.2, 0.25) is 0 Å². The lowest BCUT2D eigenvalue weighted by Gasteiger charge is -2.34. The van der Waals surface area contributed by atoms with E-state index in [9.17, 15) is 4.79 Å². The molecule has 0 unspecified atom stereocenters. The largest absolute Gasteiger partial charge is 0.299 e. The maximum absolute atomic E-state index is 11.8. The van der Waals surface area contributed by atoms with Gasteiger partial charge in [0.25, 0.3) is 0 Å². The van der Waals surface area contributed by atoms with E-state index in [1.807, 2.05) is 0 Å². The second-order valence-corrected chi connectivity index (χ2v) is 5.36. The van der Waals surface area contributed by atoms with Crippen LogP contribution in [-0.2, 0) is 4.79 Å². The highest BCUT2D eigenvalue weighted by atomic mass is 79.9. The van der Waals surface area contributed by atoms with Crippen molar-refractivity contribution in [3.8, 4) is 0 Å². The van der Waals surface area contributed by atoms with E-state index in [0.717, 1.165) is 18.2 Å². The summed E-state index contributed by atoms with van der Waals surface area (Å²) in [7, 11) is 0. The first-order valence-corrected chi connectivity index (χ1v) is 5.76. The van der Waals surface area contributed by atoms with E-state index in [1.165, 1.54) is 6.42 Å². The van der Waals surface area contributed by atoms with Crippen molar-refractivity contribution in [2.75, 3.05) is 5.33 Å². The van der Waals surface area contributed by atoms with Gasteiger partial charge in [-0.1, -0.05) is 29.8 Å². The van der Waals surface area contributed by atoms with Crippen molar-refractivity contribution >= 4 is 21.7 Å². The van der Waals surface area contributed by atoms with Crippen LogP contribution in [0.5, 0.6) is 0 Å². The molecule has 0 aliphatic heterocycles. The van der Waals surface area contributed by atoms with Crippen molar-refractivity contribution in [3.63, 3.8) is 0 Å². The third-order valence-electron chi connectivity index (χ3n) is 4.37. The summed E-state index contributed by atoms with van der Waals surface area (Å²) in [5.41, 5.74) is 0.227. The first-order chi connectivity index (χ1) is 5.54. The SMILES string of the molecule is CC1(C)[C@H]2CC[C@]1(CBr)C(=O)C2. The summed E-state index contributed by atoms with van der Waals surface area (Å²) < 4.78 is 0. The Hall–Kier alpha value is 0.150. The molecule has 0 radical (unpaired) electrons. The minimum absolute atomic E-state index is 0.0162. The van der Waals surface area contributed by atoms with Crippen molar-refractivity contribution in [1.29, 1.82) is 0 Å². The molecule has 2 aliphatic carbocycles. The number of carbonyl (C=O) groups is 1. The number of ketones is 1. The van der Waals surface area contributed by atoms with E-state index < -0.39 is 0 Å². The average Bonchev–Trinajstić information content (AvgIpc) is 2.36. The molecule has 2 bridgehead atoms. The van der Waals surface area contributed by atoms with E-state index in [1.54, 1.807) is 0 Å². The lowest BCUT2D eigenvalue weighted by atomic mass is 9.70. The van der Waals surface area contributed by atoms with E-state index >= 15 is 0 Å². The number of Topliss-reactive ketones (excluding diaryl/α,β-unsaturated/α-hetero) is 1. The lowest BCUT2D eigenvalue weighted by Crippen LogP contribution is -2.37. The molecule has 68 valence electrons. The summed E-state index contributed by atoms with van der Waals surface area (Å²) >= 11 is 3.52. The van der Waals surface area contributed by atoms with Crippen LogP contribution in [-0.4, -0.2) is 11.1 Å². The highest BCUT2D eigenvalue weighted by Gasteiger charge is 2.63. The first-order valence-electron chi connectivity index (χ1n) is 4.64. The van der Waals surface area contributed by atoms with Crippen LogP contribution in [0.1, 0.15) is 33.1 Å². The smallest absolute Gasteiger partial charge is 0.140 e. The Morgan fingerprint density at radius 2 is 2.25 bits per heavy atom. The molecular weight excluding hydrogens is 216 g/mol. The Bertz CT molecular complexity index is 234. The average molecular weight is 231 g/mol. The monoisotopic (exact) mass is 230 g/mol. The molecule has 2 atom stereocenters. The quantitative estimate of drug-likeness (QED) is 0.634. The van der Waals surface area contributed by atoms with Gasteiger partial charge in [-0.3, -0.25) is 4.79 Å². The third-order valence-corrected chi connectivity index (χ3v) is 5.32. The highest BCUT2D eigenvalue weighted by molar-refractivity contribution is 9.09. The fraction of sp³-hybridized carbons (Fsp3) is 0.900. The van der Waals surface area contributed by atoms with Gasteiger partial charge in [0.1, 0.15) is 5.78 Å². The fourth-order valence-electron chi connectivity index (χ4n) is 3.08. The summed E-state index contributed by atoms with van der Waals surface area (Å²) in [6.45, 7) is 4.52. The van der Waals surface area contributed by atoms with Crippen molar-refractivity contribution in [3.05, 3.63) is 0 Å². The molecular formula is C10H15BrO. The Morgan fingerprint density at radius 3 is 2.50 bits per heavy atom. The van der Waals surface area contributed by atoms with Crippen LogP contribution in [0.3, 0.4) is 0 Å². The van der Waals surface area contributed by atoms with Crippen LogP contribution >= 0.6 is 15.9 Å². The van der Waals surface area contributed by atoms with Crippen LogP contribution in [0.4, 0.5) is 0 Å². The number of fused-ring (bicyclic) bond motifs is 2. The molecule has 0 saturated heterocycles. The number of rotatable bonds is 1. The number of hydrogen-bond donors (Lipinski definition) is 0. The minimum atomic E-state index is -0.0162. The number of alkyl halides is 1. The van der Waals surface area contributed by atoms with Crippen LogP contribution in [0.25, 0.3) is 0 Å². The zero-order chi connectivity index (χ0) is 8.98. The topological polar surface area (TPSA) is 17.1 Å². The van der Waals surface area contributed by atoms with E-state index in [-0.39, 0.29) is 10.8 Å². The zero-order valence-electron chi connectivity index (χ0n) is 7.69. The summed E-state index contributed by atoms with van der Waals surface area (Å²) in [6, 6.07) is 0. The molecule has 0 spiro atoms. The molecule has 2 heteroatoms. The van der Waals surface area contributed by atoms with Gasteiger partial charge in [-0.25, -0.2) is 0 Å². The maximum Gasteiger partial charge on any atom is 0.140 e. The molecule has 0 aromatic heterocycles. The normalized spacial score (nSPS) is 43.9. The molecule has 1 nitrogen and oxygen atoms in total. The Balaban J connectivity index is 2.46. The number of hydrogen-bond acceptors (Lipinski definition) is 1. The molecule has 0 aromatic rings. The van der Waals surface area contributed by atoms with Crippen LogP contribution in [0.15, 0.2) is 0 Å². The van der Waals surface area contributed by atoms with Crippen molar-refractivity contribution < 1.29 is 4.79 Å². The van der Waals surface area contributed by atoms with Gasteiger partial charge in [0.2, 0.25) is 0 Å². The molecule has 0 heterocycles. The summed E-state index contributed by atoms with van der Waals surface area (Å²) in [6.07, 6.45) is 3.19. The Morgan fingerprint density at radius 1 is 1.58 bits per heavy atom. The standard InChI is InChI=1S/C10H15BrO/c1-9(2)7-3-4-10(9,6-11)8(12)5-7/h7H,3-6H2,1-2H3/t7-,10-/m0/s1. The molecule has 12 heavy (non-hydrogen) atoms. The van der Waals surface area contributed by atoms with Crippen molar-refractivity contribution in [1.82, 2.24) is 0 Å². The van der Waals surface area contributed by atoms with Crippen molar-refractivity contribution in [2.45, 2.75) is 33.1 Å². The van der Waals surface area contributed by atoms with Gasteiger partial charge in [-0.15, -0.1) is 0 Å². The molecule has 2 aliphatic rings. The Labute approximate surface area is 82.0 Å². The second-order valence-electron chi connectivity index (χ2n) is 4.80. The lowest BCUT2D eigenvalue weighted by molar-refractivity contribution is -0.127. The summed E-state index contributed by atoms with van der Waals surface area (Å²) in [5, 5.41) is 0.863. The van der Waals surface area contributed by atoms with E-state index in [2.05, 4.69) is 29.8 Å². The predicted molar refractivity (Wildman–Crippen MR) is 52.4 cm³/mol. The minimum Gasteiger partial charge on any atom is -0.299 e. The third kappa shape index (κ3) is 0.729. The van der Waals surface area contributed by atoms with Gasteiger partial charge in [0.15, 0.2) is 0 Å². The molecule has 2 rings (SSSR count). The van der Waals surface area contributed by atoms with Gasteiger partial charge in [0.05, 0.1) is 0 Å². The number of carbonyl (C=O) groups excluding carboxylic acids is 1. The first kappa shape index (κ1) is 8.74. The van der Waals surface area contributed by atoms with Gasteiger partial charge >= 0.3 is 0 Å². The molecule has 0 aromatic carbocycles. The number of halogens is 1. The maximum atomic E-state index is 11.8. The molecule has 2 saturated carbocycles.